The van der Waals surface area contributed by atoms with Crippen LogP contribution in [0, 0.1) is 0 Å². The van der Waals surface area contributed by atoms with Crippen LogP contribution in [0.1, 0.15) is 43.7 Å². The van der Waals surface area contributed by atoms with Crippen LogP contribution in [0.25, 0.3) is 5.69 Å². The molecule has 0 spiro atoms. The third-order valence-electron chi connectivity index (χ3n) is 6.89. The molecule has 3 heterocycles. The molecular formula is C23H30F2N4O2. The standard InChI is InChI=1S/C23H30F2N4O2/c24-23(25)31-20-6-2-5-19(15-20)29-16-21(22(26-29)17-3-1-4-17)28-9-7-18(8-10-28)27-11-13-30-14-12-27/h2,5-6,15-18,23H,1,3-4,7-14H2. The highest BCUT2D eigenvalue weighted by Gasteiger charge is 2.31. The van der Waals surface area contributed by atoms with Crippen molar-refractivity contribution in [2.45, 2.75) is 50.7 Å². The van der Waals surface area contributed by atoms with Crippen LogP contribution < -0.4 is 9.64 Å². The number of nitrogens with zero attached hydrogens (tertiary/aromatic N) is 4. The lowest BCUT2D eigenvalue weighted by Gasteiger charge is -2.41. The number of anilines is 1. The first kappa shape index (κ1) is 20.7. The van der Waals surface area contributed by atoms with Crippen LogP contribution in [0.3, 0.4) is 0 Å². The Labute approximate surface area is 181 Å². The van der Waals surface area contributed by atoms with Gasteiger partial charge in [0.25, 0.3) is 0 Å². The molecule has 1 aromatic heterocycles. The molecule has 1 aromatic carbocycles. The van der Waals surface area contributed by atoms with Gasteiger partial charge in [-0.1, -0.05) is 12.5 Å². The van der Waals surface area contributed by atoms with E-state index in [1.165, 1.54) is 24.9 Å². The Hall–Kier alpha value is -2.19. The minimum atomic E-state index is -2.83. The molecule has 0 radical (unpaired) electrons. The van der Waals surface area contributed by atoms with Crippen LogP contribution in [0.4, 0.5) is 14.5 Å². The zero-order valence-corrected chi connectivity index (χ0v) is 17.8. The zero-order valence-electron chi connectivity index (χ0n) is 17.8. The number of piperidine rings is 1. The molecule has 0 amide bonds. The summed E-state index contributed by atoms with van der Waals surface area (Å²) in [6.07, 6.45) is 7.95. The zero-order chi connectivity index (χ0) is 21.2. The highest BCUT2D eigenvalue weighted by atomic mass is 19.3. The summed E-state index contributed by atoms with van der Waals surface area (Å²) in [7, 11) is 0. The van der Waals surface area contributed by atoms with Gasteiger partial charge >= 0.3 is 6.61 Å². The van der Waals surface area contributed by atoms with E-state index in [0.717, 1.165) is 63.6 Å². The van der Waals surface area contributed by atoms with Gasteiger partial charge in [0.1, 0.15) is 5.75 Å². The molecule has 0 N–H and O–H groups in total. The second-order valence-electron chi connectivity index (χ2n) is 8.71. The number of hydrogen-bond acceptors (Lipinski definition) is 5. The molecule has 5 rings (SSSR count). The van der Waals surface area contributed by atoms with Gasteiger partial charge in [-0.15, -0.1) is 0 Å². The predicted molar refractivity (Wildman–Crippen MR) is 114 cm³/mol. The van der Waals surface area contributed by atoms with Crippen LogP contribution >= 0.6 is 0 Å². The molecule has 31 heavy (non-hydrogen) atoms. The van der Waals surface area contributed by atoms with E-state index in [1.54, 1.807) is 18.2 Å². The number of benzene rings is 1. The van der Waals surface area contributed by atoms with Gasteiger partial charge in [0.05, 0.1) is 36.5 Å². The highest BCUT2D eigenvalue weighted by molar-refractivity contribution is 5.54. The van der Waals surface area contributed by atoms with Crippen molar-refractivity contribution in [1.29, 1.82) is 0 Å². The lowest BCUT2D eigenvalue weighted by atomic mass is 9.82. The summed E-state index contributed by atoms with van der Waals surface area (Å²) in [5.74, 6) is 0.648. The maximum Gasteiger partial charge on any atom is 0.387 e. The van der Waals surface area contributed by atoms with E-state index in [9.17, 15) is 8.78 Å². The maximum absolute atomic E-state index is 12.6. The second-order valence-corrected chi connectivity index (χ2v) is 8.71. The molecule has 2 aromatic rings. The van der Waals surface area contributed by atoms with Gasteiger partial charge in [0, 0.05) is 44.2 Å². The van der Waals surface area contributed by atoms with Crippen molar-refractivity contribution >= 4 is 5.69 Å². The quantitative estimate of drug-likeness (QED) is 0.689. The minimum absolute atomic E-state index is 0.154. The van der Waals surface area contributed by atoms with E-state index in [4.69, 9.17) is 9.84 Å². The van der Waals surface area contributed by atoms with E-state index in [0.29, 0.717) is 12.0 Å². The Morgan fingerprint density at radius 1 is 1.03 bits per heavy atom. The summed E-state index contributed by atoms with van der Waals surface area (Å²) in [6.45, 7) is 2.95. The van der Waals surface area contributed by atoms with Crippen molar-refractivity contribution in [3.63, 3.8) is 0 Å². The number of ether oxygens (including phenoxy) is 2. The molecule has 3 aliphatic rings. The largest absolute Gasteiger partial charge is 0.435 e. The molecule has 2 saturated heterocycles. The highest BCUT2D eigenvalue weighted by Crippen LogP contribution is 2.41. The monoisotopic (exact) mass is 432 g/mol. The first-order valence-electron chi connectivity index (χ1n) is 11.4. The fraction of sp³-hybridized carbons (Fsp3) is 0.609. The lowest BCUT2D eigenvalue weighted by molar-refractivity contribution is -0.0498. The van der Waals surface area contributed by atoms with Gasteiger partial charge < -0.3 is 14.4 Å². The van der Waals surface area contributed by atoms with E-state index >= 15 is 0 Å². The third-order valence-corrected chi connectivity index (χ3v) is 6.89. The van der Waals surface area contributed by atoms with Crippen LogP contribution in [-0.2, 0) is 4.74 Å². The molecule has 0 unspecified atom stereocenters. The van der Waals surface area contributed by atoms with Crippen molar-refractivity contribution < 1.29 is 18.3 Å². The summed E-state index contributed by atoms with van der Waals surface area (Å²) in [6, 6.07) is 7.40. The van der Waals surface area contributed by atoms with Crippen molar-refractivity contribution in [2.24, 2.45) is 0 Å². The smallest absolute Gasteiger partial charge is 0.387 e. The van der Waals surface area contributed by atoms with E-state index < -0.39 is 6.61 Å². The molecule has 8 heteroatoms. The lowest BCUT2D eigenvalue weighted by Crippen LogP contribution is -2.49. The van der Waals surface area contributed by atoms with Gasteiger partial charge in [0.2, 0.25) is 0 Å². The number of alkyl halides is 2. The maximum atomic E-state index is 12.6. The summed E-state index contributed by atoms with van der Waals surface area (Å²) >= 11 is 0. The van der Waals surface area contributed by atoms with Gasteiger partial charge in [-0.25, -0.2) is 4.68 Å². The van der Waals surface area contributed by atoms with Crippen molar-refractivity contribution in [1.82, 2.24) is 14.7 Å². The van der Waals surface area contributed by atoms with Crippen molar-refractivity contribution in [3.8, 4) is 11.4 Å². The normalized spacial score (nSPS) is 21.5. The molecular weight excluding hydrogens is 402 g/mol. The van der Waals surface area contributed by atoms with Crippen LogP contribution in [0.5, 0.6) is 5.75 Å². The number of halogens is 2. The average molecular weight is 433 g/mol. The molecule has 6 nitrogen and oxygen atoms in total. The van der Waals surface area contributed by atoms with Gasteiger partial charge in [-0.2, -0.15) is 13.9 Å². The third kappa shape index (κ3) is 4.55. The Morgan fingerprint density at radius 3 is 2.48 bits per heavy atom. The van der Waals surface area contributed by atoms with Crippen LogP contribution in [0.15, 0.2) is 30.5 Å². The topological polar surface area (TPSA) is 42.8 Å². The first-order chi connectivity index (χ1) is 15.2. The molecule has 1 saturated carbocycles. The predicted octanol–water partition coefficient (Wildman–Crippen LogP) is 4.04. The fourth-order valence-electron chi connectivity index (χ4n) is 4.94. The van der Waals surface area contributed by atoms with Crippen LogP contribution in [-0.4, -0.2) is 66.7 Å². The minimum Gasteiger partial charge on any atom is -0.435 e. The van der Waals surface area contributed by atoms with E-state index in [2.05, 4.69) is 20.7 Å². The molecule has 0 bridgehead atoms. The second kappa shape index (κ2) is 9.12. The molecule has 3 fully saturated rings. The van der Waals surface area contributed by atoms with Crippen molar-refractivity contribution in [2.75, 3.05) is 44.3 Å². The molecule has 1 aliphatic carbocycles. The van der Waals surface area contributed by atoms with Crippen LogP contribution in [0.2, 0.25) is 0 Å². The summed E-state index contributed by atoms with van der Waals surface area (Å²) < 4.78 is 37.2. The Morgan fingerprint density at radius 2 is 1.81 bits per heavy atom. The van der Waals surface area contributed by atoms with Gasteiger partial charge in [-0.3, -0.25) is 4.90 Å². The Balaban J connectivity index is 1.35. The number of morpholine rings is 1. The van der Waals surface area contributed by atoms with E-state index in [-0.39, 0.29) is 5.75 Å². The Bertz CT molecular complexity index is 872. The summed E-state index contributed by atoms with van der Waals surface area (Å²) in [4.78, 5) is 5.04. The number of rotatable bonds is 6. The SMILES string of the molecule is FC(F)Oc1cccc(-n2cc(N3CCC(N4CCOCC4)CC3)c(C3CCC3)n2)c1. The number of hydrogen-bond donors (Lipinski definition) is 0. The average Bonchev–Trinajstić information content (AvgIpc) is 3.18. The molecule has 168 valence electrons. The van der Waals surface area contributed by atoms with Crippen molar-refractivity contribution in [3.05, 3.63) is 36.2 Å². The first-order valence-corrected chi connectivity index (χ1v) is 11.4. The molecule has 0 atom stereocenters. The van der Waals surface area contributed by atoms with Gasteiger partial charge in [0.15, 0.2) is 0 Å². The summed E-state index contributed by atoms with van der Waals surface area (Å²) in [5.41, 5.74) is 3.09. The Kier molecular flexibility index (Phi) is 6.09. The number of aromatic nitrogens is 2. The summed E-state index contributed by atoms with van der Waals surface area (Å²) in [5, 5.41) is 4.91. The molecule has 2 aliphatic heterocycles. The fourth-order valence-corrected chi connectivity index (χ4v) is 4.94. The van der Waals surface area contributed by atoms with E-state index in [1.807, 2.05) is 10.7 Å². The van der Waals surface area contributed by atoms with Gasteiger partial charge in [-0.05, 0) is 37.8 Å².